The summed E-state index contributed by atoms with van der Waals surface area (Å²) < 4.78 is 22.9. The van der Waals surface area contributed by atoms with Gasteiger partial charge in [-0.05, 0) is 48.4 Å². The Morgan fingerprint density at radius 2 is 1.96 bits per heavy atom. The average molecular weight is 417 g/mol. The van der Waals surface area contributed by atoms with Crippen LogP contribution in [0.4, 0.5) is 5.69 Å². The molecule has 1 heterocycles. The minimum atomic E-state index is -3.75. The molecule has 0 fully saturated rings. The van der Waals surface area contributed by atoms with E-state index < -0.39 is 10.0 Å². The number of primary sulfonamides is 1. The third kappa shape index (κ3) is 4.12. The lowest BCUT2D eigenvalue weighted by atomic mass is 10.2. The van der Waals surface area contributed by atoms with Gasteiger partial charge >= 0.3 is 0 Å². The van der Waals surface area contributed by atoms with Crippen LogP contribution in [0.5, 0.6) is 0 Å². The van der Waals surface area contributed by atoms with E-state index in [0.29, 0.717) is 23.0 Å². The molecule has 1 amide bonds. The maximum Gasteiger partial charge on any atom is 0.238 e. The first kappa shape index (κ1) is 18.5. The van der Waals surface area contributed by atoms with Crippen molar-refractivity contribution in [3.8, 4) is 0 Å². The van der Waals surface area contributed by atoms with Gasteiger partial charge in [-0.2, -0.15) is 0 Å². The fourth-order valence-corrected chi connectivity index (χ4v) is 4.55. The Kier molecular flexibility index (Phi) is 5.31. The molecule has 0 radical (unpaired) electrons. The van der Waals surface area contributed by atoms with Gasteiger partial charge in [0.1, 0.15) is 0 Å². The van der Waals surface area contributed by atoms with Crippen molar-refractivity contribution in [1.82, 2.24) is 0 Å². The maximum atomic E-state index is 12.5. The second kappa shape index (κ2) is 7.17. The van der Waals surface area contributed by atoms with Crippen molar-refractivity contribution in [2.24, 2.45) is 5.14 Å². The molecule has 3 rings (SSSR count). The maximum absolute atomic E-state index is 12.5. The van der Waals surface area contributed by atoms with Crippen LogP contribution in [0.1, 0.15) is 5.56 Å². The summed E-state index contributed by atoms with van der Waals surface area (Å²) in [6, 6.07) is 9.67. The van der Waals surface area contributed by atoms with Gasteiger partial charge in [0, 0.05) is 22.2 Å². The van der Waals surface area contributed by atoms with E-state index >= 15 is 0 Å². The van der Waals surface area contributed by atoms with Crippen molar-refractivity contribution in [2.45, 2.75) is 16.2 Å². The molecule has 0 unspecified atom stereocenters. The van der Waals surface area contributed by atoms with Crippen LogP contribution in [-0.4, -0.2) is 26.6 Å². The Hall–Kier alpha value is -1.25. The highest BCUT2D eigenvalue weighted by Crippen LogP contribution is 2.33. The van der Waals surface area contributed by atoms with Gasteiger partial charge in [0.2, 0.25) is 15.9 Å². The van der Waals surface area contributed by atoms with Gasteiger partial charge in [-0.15, -0.1) is 11.8 Å². The molecule has 2 N–H and O–H groups in total. The van der Waals surface area contributed by atoms with Crippen molar-refractivity contribution in [2.75, 3.05) is 17.2 Å². The van der Waals surface area contributed by atoms with E-state index in [9.17, 15) is 13.2 Å². The molecule has 25 heavy (non-hydrogen) atoms. The zero-order valence-corrected chi connectivity index (χ0v) is 16.1. The van der Waals surface area contributed by atoms with Crippen LogP contribution >= 0.6 is 35.0 Å². The summed E-state index contributed by atoms with van der Waals surface area (Å²) >= 11 is 13.4. The van der Waals surface area contributed by atoms with E-state index in [1.165, 1.54) is 23.9 Å². The second-order valence-corrected chi connectivity index (χ2v) is 8.92. The Balaban J connectivity index is 1.74. The molecular weight excluding hydrogens is 403 g/mol. The quantitative estimate of drug-likeness (QED) is 0.774. The highest BCUT2D eigenvalue weighted by Gasteiger charge is 2.26. The third-order valence-corrected chi connectivity index (χ3v) is 6.45. The van der Waals surface area contributed by atoms with E-state index in [1.807, 2.05) is 0 Å². The van der Waals surface area contributed by atoms with E-state index in [1.54, 1.807) is 29.2 Å². The number of thioether (sulfide) groups is 1. The fourth-order valence-electron chi connectivity index (χ4n) is 2.62. The summed E-state index contributed by atoms with van der Waals surface area (Å²) in [7, 11) is -3.75. The van der Waals surface area contributed by atoms with Gasteiger partial charge in [0.15, 0.2) is 0 Å². The fraction of sp³-hybridized carbons (Fsp3) is 0.188. The van der Waals surface area contributed by atoms with Gasteiger partial charge < -0.3 is 4.90 Å². The highest BCUT2D eigenvalue weighted by atomic mass is 35.5. The van der Waals surface area contributed by atoms with Crippen molar-refractivity contribution in [3.05, 3.63) is 52.0 Å². The summed E-state index contributed by atoms with van der Waals surface area (Å²) in [6.07, 6.45) is 0.590. The normalized spacial score (nSPS) is 13.8. The monoisotopic (exact) mass is 416 g/mol. The number of hydrogen-bond acceptors (Lipinski definition) is 4. The van der Waals surface area contributed by atoms with Gasteiger partial charge in [-0.25, -0.2) is 13.6 Å². The van der Waals surface area contributed by atoms with Crippen molar-refractivity contribution in [1.29, 1.82) is 0 Å². The number of halogens is 2. The van der Waals surface area contributed by atoms with Crippen LogP contribution in [0.15, 0.2) is 46.2 Å². The van der Waals surface area contributed by atoms with E-state index in [4.69, 9.17) is 28.3 Å². The third-order valence-electron chi connectivity index (χ3n) is 3.82. The number of amides is 1. The Bertz CT molecular complexity index is 948. The van der Waals surface area contributed by atoms with Gasteiger partial charge in [0.25, 0.3) is 0 Å². The summed E-state index contributed by atoms with van der Waals surface area (Å²) in [6.45, 7) is 0.506. The first-order valence-electron chi connectivity index (χ1n) is 7.29. The Morgan fingerprint density at radius 3 is 2.68 bits per heavy atom. The highest BCUT2D eigenvalue weighted by molar-refractivity contribution is 8.00. The molecule has 0 atom stereocenters. The summed E-state index contributed by atoms with van der Waals surface area (Å²) in [4.78, 5) is 15.0. The average Bonchev–Trinajstić information content (AvgIpc) is 2.98. The van der Waals surface area contributed by atoms with Crippen LogP contribution in [0, 0.1) is 0 Å². The Labute approximate surface area is 160 Å². The predicted molar refractivity (Wildman–Crippen MR) is 101 cm³/mol. The van der Waals surface area contributed by atoms with Crippen LogP contribution in [0.3, 0.4) is 0 Å². The largest absolute Gasteiger partial charge is 0.311 e. The molecule has 0 spiro atoms. The van der Waals surface area contributed by atoms with E-state index in [0.717, 1.165) is 16.1 Å². The predicted octanol–water partition coefficient (Wildman–Crippen LogP) is 3.32. The lowest BCUT2D eigenvalue weighted by molar-refractivity contribution is -0.116. The number of fused-ring (bicyclic) bond motifs is 1. The SMILES string of the molecule is NS(=O)(=O)c1ccc2c(c1)CCN2C(=O)CSc1cc(Cl)ccc1Cl. The zero-order valence-electron chi connectivity index (χ0n) is 12.9. The Morgan fingerprint density at radius 1 is 1.20 bits per heavy atom. The number of carbonyl (C=O) groups is 1. The molecule has 2 aromatic rings. The van der Waals surface area contributed by atoms with Crippen LogP contribution in [-0.2, 0) is 21.2 Å². The standard InChI is InChI=1S/C16H14Cl2N2O3S2/c17-11-1-3-13(18)15(8-11)24-9-16(21)20-6-5-10-7-12(25(19,22)23)2-4-14(10)20/h1-4,7-8H,5-6,9H2,(H2,19,22,23). The van der Waals surface area contributed by atoms with Crippen molar-refractivity contribution in [3.63, 3.8) is 0 Å². The number of nitrogens with two attached hydrogens (primary N) is 1. The second-order valence-electron chi connectivity index (χ2n) is 5.49. The van der Waals surface area contributed by atoms with Crippen molar-refractivity contribution < 1.29 is 13.2 Å². The van der Waals surface area contributed by atoms with Crippen LogP contribution in [0.25, 0.3) is 0 Å². The number of carbonyl (C=O) groups excluding carboxylic acids is 1. The molecule has 0 bridgehead atoms. The van der Waals surface area contributed by atoms with Crippen LogP contribution < -0.4 is 10.0 Å². The first-order valence-corrected chi connectivity index (χ1v) is 10.6. The molecule has 0 aromatic heterocycles. The minimum absolute atomic E-state index is 0.0561. The summed E-state index contributed by atoms with van der Waals surface area (Å²) in [5.41, 5.74) is 1.51. The summed E-state index contributed by atoms with van der Waals surface area (Å²) in [5.74, 6) is 0.124. The lowest BCUT2D eigenvalue weighted by Gasteiger charge is -2.17. The van der Waals surface area contributed by atoms with Gasteiger partial charge in [-0.3, -0.25) is 4.79 Å². The molecule has 9 heteroatoms. The van der Waals surface area contributed by atoms with Crippen LogP contribution in [0.2, 0.25) is 10.0 Å². The molecule has 132 valence electrons. The molecule has 1 aliphatic heterocycles. The molecule has 0 saturated heterocycles. The minimum Gasteiger partial charge on any atom is -0.311 e. The molecular formula is C16H14Cl2N2O3S2. The van der Waals surface area contributed by atoms with Gasteiger partial charge in [0.05, 0.1) is 15.7 Å². The molecule has 0 saturated carbocycles. The van der Waals surface area contributed by atoms with E-state index in [-0.39, 0.29) is 16.6 Å². The number of anilines is 1. The first-order chi connectivity index (χ1) is 11.8. The number of benzene rings is 2. The molecule has 1 aliphatic rings. The van der Waals surface area contributed by atoms with Crippen molar-refractivity contribution >= 4 is 56.6 Å². The smallest absolute Gasteiger partial charge is 0.238 e. The molecule has 2 aromatic carbocycles. The summed E-state index contributed by atoms with van der Waals surface area (Å²) in [5, 5.41) is 6.25. The molecule has 5 nitrogen and oxygen atoms in total. The van der Waals surface area contributed by atoms with E-state index in [2.05, 4.69) is 0 Å². The van der Waals surface area contributed by atoms with Gasteiger partial charge in [-0.1, -0.05) is 23.2 Å². The topological polar surface area (TPSA) is 80.5 Å². The number of rotatable bonds is 4. The number of hydrogen-bond donors (Lipinski definition) is 1. The number of sulfonamides is 1. The molecule has 0 aliphatic carbocycles. The number of nitrogens with zero attached hydrogens (tertiary/aromatic N) is 1. The zero-order chi connectivity index (χ0) is 18.2. The lowest BCUT2D eigenvalue weighted by Crippen LogP contribution is -2.30.